The van der Waals surface area contributed by atoms with Crippen molar-refractivity contribution in [3.8, 4) is 0 Å². The standard InChI is InChI=1S/C48H48N2.2BrH.Ni/c1-33-29-43(35(3)39-19-11-7-12-20-39)47(44(30-33)36(4)40-21-13-8-14-22-40)49-27-28-50-48-45(37(5)41-23-15-9-16-24-41)31-34(2)32-46(48)38(6)42-25-17-10-18-26-42;;;/h7-32,35-38H,1-6H3;2*1H;/q;;;+2/p-2/t35-,36-,37-,38-;;;/m0.../s1. The molecule has 53 heavy (non-hydrogen) atoms. The van der Waals surface area contributed by atoms with Gasteiger partial charge in [-0.05, 0) is 58.4 Å². The summed E-state index contributed by atoms with van der Waals surface area (Å²) in [5.41, 5.74) is 14.6. The van der Waals surface area contributed by atoms with Crippen LogP contribution in [0.15, 0.2) is 156 Å². The third kappa shape index (κ3) is 10.4. The third-order valence-corrected chi connectivity index (χ3v) is 10.2. The van der Waals surface area contributed by atoms with E-state index in [0.29, 0.717) is 0 Å². The molecule has 0 aromatic heterocycles. The number of halogens is 2. The molecule has 0 unspecified atom stereocenters. The molecule has 0 saturated heterocycles. The Bertz CT molecular complexity index is 1810. The Morgan fingerprint density at radius 1 is 0.415 bits per heavy atom. The molecule has 5 heteroatoms. The van der Waals surface area contributed by atoms with Crippen molar-refractivity contribution >= 4 is 52.3 Å². The van der Waals surface area contributed by atoms with E-state index in [4.69, 9.17) is 9.98 Å². The number of hydrogen-bond acceptors (Lipinski definition) is 2. The number of benzene rings is 6. The van der Waals surface area contributed by atoms with Gasteiger partial charge in [0.15, 0.2) is 0 Å². The van der Waals surface area contributed by atoms with Crippen molar-refractivity contribution in [3.63, 3.8) is 0 Å². The van der Waals surface area contributed by atoms with Crippen LogP contribution in [-0.2, 0) is 10.9 Å². The Morgan fingerprint density at radius 2 is 0.623 bits per heavy atom. The van der Waals surface area contributed by atoms with Crippen molar-refractivity contribution in [2.45, 2.75) is 65.2 Å². The normalized spacial score (nSPS) is 13.7. The van der Waals surface area contributed by atoms with E-state index in [1.165, 1.54) is 66.5 Å². The molecular weight excluding hydrogens is 823 g/mol. The Morgan fingerprint density at radius 3 is 0.830 bits per heavy atom. The summed E-state index contributed by atoms with van der Waals surface area (Å²) in [5.74, 6) is 0.706. The first kappa shape index (κ1) is 40.3. The van der Waals surface area contributed by atoms with Gasteiger partial charge in [0.2, 0.25) is 0 Å². The van der Waals surface area contributed by atoms with Gasteiger partial charge in [0.1, 0.15) is 0 Å². The van der Waals surface area contributed by atoms with Gasteiger partial charge in [-0.15, -0.1) is 0 Å². The summed E-state index contributed by atoms with van der Waals surface area (Å²) in [5, 5.41) is 0. The molecule has 0 fully saturated rings. The van der Waals surface area contributed by atoms with Gasteiger partial charge >= 0.3 is 39.3 Å². The molecule has 0 saturated carbocycles. The Balaban J connectivity index is 0.00000175. The van der Waals surface area contributed by atoms with Crippen molar-refractivity contribution in [2.75, 3.05) is 0 Å². The average Bonchev–Trinajstić information content (AvgIpc) is 3.20. The van der Waals surface area contributed by atoms with E-state index < -0.39 is 0 Å². The topological polar surface area (TPSA) is 24.7 Å². The first-order valence-electron chi connectivity index (χ1n) is 18.1. The van der Waals surface area contributed by atoms with Gasteiger partial charge in [-0.25, -0.2) is 0 Å². The molecule has 6 aromatic rings. The van der Waals surface area contributed by atoms with Crippen molar-refractivity contribution in [1.29, 1.82) is 0 Å². The minimum atomic E-state index is 0.177. The number of hydrogen-bond donors (Lipinski definition) is 0. The molecule has 0 spiro atoms. The van der Waals surface area contributed by atoms with Gasteiger partial charge in [0.25, 0.3) is 0 Å². The van der Waals surface area contributed by atoms with E-state index in [2.05, 4.69) is 216 Å². The van der Waals surface area contributed by atoms with Crippen LogP contribution in [0.25, 0.3) is 0 Å². The second-order valence-electron chi connectivity index (χ2n) is 13.7. The van der Waals surface area contributed by atoms with Gasteiger partial charge in [-0.3, -0.25) is 9.98 Å². The molecule has 0 radical (unpaired) electrons. The fourth-order valence-electron chi connectivity index (χ4n) is 7.19. The van der Waals surface area contributed by atoms with E-state index in [9.17, 15) is 0 Å². The molecule has 2 nitrogen and oxygen atoms in total. The summed E-state index contributed by atoms with van der Waals surface area (Å²) in [6.45, 7) is 13.5. The maximum atomic E-state index is 5.26. The van der Waals surface area contributed by atoms with Crippen molar-refractivity contribution in [1.82, 2.24) is 0 Å². The van der Waals surface area contributed by atoms with Crippen LogP contribution < -0.4 is 0 Å². The van der Waals surface area contributed by atoms with Crippen LogP contribution >= 0.6 is 28.5 Å². The molecule has 0 amide bonds. The molecule has 6 aromatic carbocycles. The summed E-state index contributed by atoms with van der Waals surface area (Å²) >= 11 is 6.00. The molecule has 0 aliphatic carbocycles. The average molecular weight is 871 g/mol. The molecule has 0 N–H and O–H groups in total. The predicted octanol–water partition coefficient (Wildman–Crippen LogP) is 14.7. The summed E-state index contributed by atoms with van der Waals surface area (Å²) in [4.78, 5) is 10.5. The summed E-state index contributed by atoms with van der Waals surface area (Å²) in [7, 11) is 1.25. The molecule has 0 bridgehead atoms. The number of aryl methyl sites for hydroxylation is 2. The second-order valence-corrected chi connectivity index (χ2v) is 18.7. The molecule has 274 valence electrons. The zero-order valence-corrected chi connectivity index (χ0v) is 35.4. The van der Waals surface area contributed by atoms with Crippen LogP contribution in [0.1, 0.15) is 107 Å². The molecule has 4 atom stereocenters. The van der Waals surface area contributed by atoms with Gasteiger partial charge in [0, 0.05) is 36.1 Å². The minimum absolute atomic E-state index is 0.177. The van der Waals surface area contributed by atoms with Crippen molar-refractivity contribution < 1.29 is 10.9 Å². The van der Waals surface area contributed by atoms with E-state index in [1.54, 1.807) is 0 Å². The molecule has 0 aliphatic rings. The number of rotatable bonds is 11. The van der Waals surface area contributed by atoms with E-state index >= 15 is 0 Å². The predicted molar refractivity (Wildman–Crippen MR) is 232 cm³/mol. The van der Waals surface area contributed by atoms with Gasteiger partial charge in [-0.2, -0.15) is 0 Å². The van der Waals surface area contributed by atoms with Crippen LogP contribution in [0.3, 0.4) is 0 Å². The van der Waals surface area contributed by atoms with Crippen LogP contribution in [0.5, 0.6) is 0 Å². The van der Waals surface area contributed by atoms with Crippen LogP contribution in [0, 0.1) is 13.8 Å². The van der Waals surface area contributed by atoms with Crippen LogP contribution in [0.4, 0.5) is 11.4 Å². The van der Waals surface area contributed by atoms with Gasteiger partial charge in [0.05, 0.1) is 11.4 Å². The zero-order chi connectivity index (χ0) is 37.7. The number of nitrogens with zero attached hydrogens (tertiary/aromatic N) is 2. The van der Waals surface area contributed by atoms with Gasteiger partial charge < -0.3 is 0 Å². The fraction of sp³-hybridized carbons (Fsp3) is 0.208. The summed E-state index contributed by atoms with van der Waals surface area (Å²) in [6, 6.07) is 52.2. The van der Waals surface area contributed by atoms with E-state index in [1.807, 2.05) is 12.4 Å². The first-order chi connectivity index (χ1) is 25.7. The van der Waals surface area contributed by atoms with Crippen molar-refractivity contribution in [3.05, 3.63) is 201 Å². The van der Waals surface area contributed by atoms with Gasteiger partial charge in [-0.1, -0.05) is 184 Å². The first-order valence-corrected chi connectivity index (χ1v) is 23.0. The second kappa shape index (κ2) is 20.0. The summed E-state index contributed by atoms with van der Waals surface area (Å²) < 4.78 is 0. The van der Waals surface area contributed by atoms with Crippen LogP contribution in [0.2, 0.25) is 0 Å². The SMILES string of the molecule is Cc1cc([C@@H](C)c2ccccc2)c(N=CC=Nc2c([C@@H](C)c3ccccc3)cc(C)cc2[C@@H](C)c2ccccc2)c([C@@H](C)c2ccccc2)c1.[Br][Ni][Br]. The molecule has 0 heterocycles. The zero-order valence-electron chi connectivity index (χ0n) is 31.3. The monoisotopic (exact) mass is 868 g/mol. The molecule has 0 aliphatic heterocycles. The number of aliphatic imine (C=N–C) groups is 2. The van der Waals surface area contributed by atoms with E-state index in [-0.39, 0.29) is 23.7 Å². The quantitative estimate of drug-likeness (QED) is 0.0915. The van der Waals surface area contributed by atoms with E-state index in [0.717, 1.165) is 11.4 Å². The molecule has 6 rings (SSSR count). The molecular formula is C48H48Br2N2Ni. The van der Waals surface area contributed by atoms with Crippen LogP contribution in [-0.4, -0.2) is 12.4 Å². The third-order valence-electron chi connectivity index (χ3n) is 10.2. The summed E-state index contributed by atoms with van der Waals surface area (Å²) in [6.07, 6.45) is 3.81. The Hall–Kier alpha value is -3.89. The fourth-order valence-corrected chi connectivity index (χ4v) is 7.19. The Labute approximate surface area is 337 Å². The van der Waals surface area contributed by atoms with Crippen molar-refractivity contribution in [2.24, 2.45) is 9.98 Å². The maximum absolute atomic E-state index is 5.26. The Kier molecular flexibility index (Phi) is 15.2.